The van der Waals surface area contributed by atoms with Crippen molar-refractivity contribution in [1.82, 2.24) is 29.5 Å². The molecule has 0 amide bonds. The third kappa shape index (κ3) is 2.91. The van der Waals surface area contributed by atoms with Crippen LogP contribution in [-0.2, 0) is 13.6 Å². The van der Waals surface area contributed by atoms with Crippen LogP contribution in [0.3, 0.4) is 0 Å². The van der Waals surface area contributed by atoms with E-state index in [1.54, 1.807) is 36.5 Å². The number of hydrogen-bond acceptors (Lipinski definition) is 5. The fraction of sp³-hybridized carbons (Fsp3) is 0.125. The summed E-state index contributed by atoms with van der Waals surface area (Å²) in [6.07, 6.45) is 6.61. The van der Waals surface area contributed by atoms with Crippen LogP contribution in [0.5, 0.6) is 0 Å². The van der Waals surface area contributed by atoms with Crippen molar-refractivity contribution in [2.75, 3.05) is 5.32 Å². The molecule has 1 radical (unpaired) electrons. The molecule has 4 aromatic rings. The van der Waals surface area contributed by atoms with Gasteiger partial charge in [0, 0.05) is 25.0 Å². The van der Waals surface area contributed by atoms with Crippen molar-refractivity contribution < 1.29 is 8.78 Å². The quantitative estimate of drug-likeness (QED) is 0.618. The molecule has 125 valence electrons. The number of rotatable bonds is 4. The Bertz CT molecular complexity index is 1050. The number of nitrogens with zero attached hydrogens (tertiary/aromatic N) is 6. The van der Waals surface area contributed by atoms with Gasteiger partial charge in [-0.3, -0.25) is 4.68 Å². The highest BCUT2D eigenvalue weighted by atomic mass is 19.2. The summed E-state index contributed by atoms with van der Waals surface area (Å²) in [6, 6.07) is 4.91. The van der Waals surface area contributed by atoms with Gasteiger partial charge in [0.05, 0.1) is 30.0 Å². The van der Waals surface area contributed by atoms with Gasteiger partial charge in [-0.25, -0.2) is 18.4 Å². The zero-order valence-electron chi connectivity index (χ0n) is 13.1. The highest BCUT2D eigenvalue weighted by Gasteiger charge is 2.12. The Balaban J connectivity index is 1.67. The maximum atomic E-state index is 13.9. The number of anilines is 2. The molecule has 1 aromatic carbocycles. The lowest BCUT2D eigenvalue weighted by Crippen LogP contribution is -2.06. The first kappa shape index (κ1) is 15.2. The maximum absolute atomic E-state index is 13.9. The Morgan fingerprint density at radius 3 is 2.84 bits per heavy atom. The molecule has 4 rings (SSSR count). The maximum Gasteiger partial charge on any atom is 0.229 e. The Hall–Kier alpha value is -3.36. The molecule has 0 aliphatic heterocycles. The molecule has 0 aliphatic rings. The summed E-state index contributed by atoms with van der Waals surface area (Å²) in [5.41, 5.74) is 1.38. The third-order valence-electron chi connectivity index (χ3n) is 3.62. The lowest BCUT2D eigenvalue weighted by Gasteiger charge is -2.06. The Labute approximate surface area is 140 Å². The molecule has 1 N–H and O–H groups in total. The second-order valence-corrected chi connectivity index (χ2v) is 5.44. The van der Waals surface area contributed by atoms with Gasteiger partial charge in [-0.15, -0.1) is 0 Å². The minimum atomic E-state index is -0.942. The van der Waals surface area contributed by atoms with E-state index in [9.17, 15) is 8.78 Å². The average molecular weight is 340 g/mol. The lowest BCUT2D eigenvalue weighted by molar-refractivity contribution is 0.492. The molecule has 0 spiro atoms. The second kappa shape index (κ2) is 5.93. The molecule has 25 heavy (non-hydrogen) atoms. The Morgan fingerprint density at radius 2 is 2.04 bits per heavy atom. The first-order valence-corrected chi connectivity index (χ1v) is 7.38. The summed E-state index contributed by atoms with van der Waals surface area (Å²) in [4.78, 5) is 8.61. The molecule has 0 saturated carbocycles. The minimum Gasteiger partial charge on any atom is -0.321 e. The van der Waals surface area contributed by atoms with Crippen LogP contribution in [-0.4, -0.2) is 29.5 Å². The van der Waals surface area contributed by atoms with Gasteiger partial charge in [-0.2, -0.15) is 15.2 Å². The van der Waals surface area contributed by atoms with E-state index in [1.165, 1.54) is 10.7 Å². The van der Waals surface area contributed by atoms with Gasteiger partial charge in [-0.1, -0.05) is 0 Å². The zero-order valence-corrected chi connectivity index (χ0v) is 13.1. The summed E-state index contributed by atoms with van der Waals surface area (Å²) in [5.74, 6) is -1.50. The van der Waals surface area contributed by atoms with Gasteiger partial charge in [0.1, 0.15) is 0 Å². The molecule has 0 atom stereocenters. The van der Waals surface area contributed by atoms with Crippen LogP contribution in [0.1, 0.15) is 5.56 Å². The van der Waals surface area contributed by atoms with Gasteiger partial charge in [0.15, 0.2) is 17.3 Å². The fourth-order valence-electron chi connectivity index (χ4n) is 2.43. The van der Waals surface area contributed by atoms with Crippen molar-refractivity contribution in [3.05, 3.63) is 60.2 Å². The van der Waals surface area contributed by atoms with E-state index in [2.05, 4.69) is 31.5 Å². The van der Waals surface area contributed by atoms with Crippen LogP contribution < -0.4 is 5.32 Å². The number of aromatic nitrogens is 6. The van der Waals surface area contributed by atoms with E-state index in [4.69, 9.17) is 0 Å². The average Bonchev–Trinajstić information content (AvgIpc) is 3.18. The number of hydrogen-bond donors (Lipinski definition) is 1. The summed E-state index contributed by atoms with van der Waals surface area (Å²) in [6.45, 7) is 0.0347. The summed E-state index contributed by atoms with van der Waals surface area (Å²) in [7, 11) is 1.80. The predicted molar refractivity (Wildman–Crippen MR) is 86.1 cm³/mol. The molecule has 3 aromatic heterocycles. The monoisotopic (exact) mass is 340 g/mol. The van der Waals surface area contributed by atoms with Crippen molar-refractivity contribution in [1.29, 1.82) is 0 Å². The van der Waals surface area contributed by atoms with Crippen LogP contribution in [0.2, 0.25) is 0 Å². The van der Waals surface area contributed by atoms with Crippen LogP contribution >= 0.6 is 0 Å². The van der Waals surface area contributed by atoms with Crippen LogP contribution in [0.15, 0.2) is 36.9 Å². The number of benzene rings is 1. The van der Waals surface area contributed by atoms with Gasteiger partial charge in [0.25, 0.3) is 0 Å². The largest absolute Gasteiger partial charge is 0.321 e. The molecule has 0 fully saturated rings. The molecule has 7 nitrogen and oxygen atoms in total. The third-order valence-corrected chi connectivity index (χ3v) is 3.62. The minimum absolute atomic E-state index is 0.0347. The smallest absolute Gasteiger partial charge is 0.229 e. The first-order valence-electron chi connectivity index (χ1n) is 7.38. The zero-order chi connectivity index (χ0) is 17.4. The summed E-state index contributed by atoms with van der Waals surface area (Å²) >= 11 is 0. The SMILES string of the molecule is Cn1cc(Nc2ncc3cnn(Cc4c[c]cc(F)c4F)c3n2)cn1. The van der Waals surface area contributed by atoms with E-state index < -0.39 is 11.6 Å². The van der Waals surface area contributed by atoms with Crippen LogP contribution in [0, 0.1) is 17.7 Å². The highest BCUT2D eigenvalue weighted by Crippen LogP contribution is 2.18. The summed E-state index contributed by atoms with van der Waals surface area (Å²) in [5, 5.41) is 12.0. The Kier molecular flexibility index (Phi) is 3.60. The molecular weight excluding hydrogens is 328 g/mol. The van der Waals surface area contributed by atoms with E-state index >= 15 is 0 Å². The fourth-order valence-corrected chi connectivity index (χ4v) is 2.43. The van der Waals surface area contributed by atoms with Crippen LogP contribution in [0.25, 0.3) is 11.0 Å². The molecular formula is C16H12F2N7. The van der Waals surface area contributed by atoms with Crippen molar-refractivity contribution >= 4 is 22.7 Å². The van der Waals surface area contributed by atoms with Crippen molar-refractivity contribution in [3.8, 4) is 0 Å². The molecule has 9 heteroatoms. The van der Waals surface area contributed by atoms with Gasteiger partial charge in [-0.05, 0) is 18.2 Å². The highest BCUT2D eigenvalue weighted by molar-refractivity contribution is 5.75. The molecule has 3 heterocycles. The lowest BCUT2D eigenvalue weighted by atomic mass is 10.2. The number of aryl methyl sites for hydroxylation is 1. The van der Waals surface area contributed by atoms with Crippen molar-refractivity contribution in [2.45, 2.75) is 6.54 Å². The van der Waals surface area contributed by atoms with E-state index in [-0.39, 0.29) is 12.1 Å². The summed E-state index contributed by atoms with van der Waals surface area (Å²) < 4.78 is 30.4. The van der Waals surface area contributed by atoms with Gasteiger partial charge in [0.2, 0.25) is 5.95 Å². The molecule has 0 bridgehead atoms. The second-order valence-electron chi connectivity index (χ2n) is 5.44. The molecule has 0 unspecified atom stereocenters. The normalized spacial score (nSPS) is 11.2. The number of halogens is 2. The topological polar surface area (TPSA) is 73.5 Å². The number of fused-ring (bicyclic) bond motifs is 1. The van der Waals surface area contributed by atoms with Crippen molar-refractivity contribution in [2.24, 2.45) is 7.05 Å². The van der Waals surface area contributed by atoms with Gasteiger partial charge < -0.3 is 5.32 Å². The van der Waals surface area contributed by atoms with E-state index in [1.807, 2.05) is 0 Å². The number of nitrogens with one attached hydrogen (secondary N) is 1. The van der Waals surface area contributed by atoms with Gasteiger partial charge >= 0.3 is 0 Å². The first-order chi connectivity index (χ1) is 12.1. The van der Waals surface area contributed by atoms with E-state index in [0.29, 0.717) is 17.0 Å². The Morgan fingerprint density at radius 1 is 1.16 bits per heavy atom. The van der Waals surface area contributed by atoms with Crippen LogP contribution in [0.4, 0.5) is 20.4 Å². The van der Waals surface area contributed by atoms with E-state index in [0.717, 1.165) is 11.8 Å². The van der Waals surface area contributed by atoms with Crippen molar-refractivity contribution in [3.63, 3.8) is 0 Å². The standard InChI is InChI=1S/C16H12F2N7/c1-24-9-12(7-20-24)22-16-19-5-11-6-21-25(15(11)23-16)8-10-3-2-4-13(17)14(10)18/h3-7,9H,8H2,1H3,(H,19,22,23). The molecule has 0 aliphatic carbocycles. The predicted octanol–water partition coefficient (Wildman–Crippen LogP) is 2.43. The molecule has 0 saturated heterocycles.